The standard InChI is InChI=1S/C17H24N2O2/c1-13-12-21-15-8-4-3-7-14(15)17(13)18-11-16(20)19-9-5-2-6-10-19/h3-4,7-8,13,17-18H,2,5-6,9-12H2,1H3. The quantitative estimate of drug-likeness (QED) is 0.928. The number of hydrogen-bond donors (Lipinski definition) is 1. The molecule has 3 rings (SSSR count). The van der Waals surface area contributed by atoms with E-state index in [4.69, 9.17) is 4.74 Å². The van der Waals surface area contributed by atoms with Gasteiger partial charge in [-0.15, -0.1) is 0 Å². The fourth-order valence-corrected chi connectivity index (χ4v) is 3.26. The van der Waals surface area contributed by atoms with Crippen LogP contribution in [0.3, 0.4) is 0 Å². The fourth-order valence-electron chi connectivity index (χ4n) is 3.26. The summed E-state index contributed by atoms with van der Waals surface area (Å²) < 4.78 is 5.75. The highest BCUT2D eigenvalue weighted by Crippen LogP contribution is 2.34. The second-order valence-corrected chi connectivity index (χ2v) is 6.13. The topological polar surface area (TPSA) is 41.6 Å². The van der Waals surface area contributed by atoms with Crippen molar-refractivity contribution in [1.82, 2.24) is 10.2 Å². The van der Waals surface area contributed by atoms with Gasteiger partial charge >= 0.3 is 0 Å². The SMILES string of the molecule is CC1COc2ccccc2C1NCC(=O)N1CCCCC1. The van der Waals surface area contributed by atoms with Gasteiger partial charge in [0.25, 0.3) is 0 Å². The number of amides is 1. The molecule has 0 saturated carbocycles. The molecule has 114 valence electrons. The third-order valence-electron chi connectivity index (χ3n) is 4.51. The lowest BCUT2D eigenvalue weighted by Gasteiger charge is -2.33. The highest BCUT2D eigenvalue weighted by atomic mass is 16.5. The van der Waals surface area contributed by atoms with E-state index in [0.717, 1.165) is 31.7 Å². The Balaban J connectivity index is 1.63. The van der Waals surface area contributed by atoms with Gasteiger partial charge in [-0.2, -0.15) is 0 Å². The molecule has 0 aromatic heterocycles. The van der Waals surface area contributed by atoms with Crippen LogP contribution in [0.4, 0.5) is 0 Å². The van der Waals surface area contributed by atoms with E-state index in [2.05, 4.69) is 18.3 Å². The minimum absolute atomic E-state index is 0.198. The summed E-state index contributed by atoms with van der Waals surface area (Å²) in [6.45, 7) is 5.12. The molecule has 2 aliphatic rings. The number of fused-ring (bicyclic) bond motifs is 1. The maximum Gasteiger partial charge on any atom is 0.236 e. The zero-order valence-electron chi connectivity index (χ0n) is 12.7. The monoisotopic (exact) mass is 288 g/mol. The Kier molecular flexibility index (Phi) is 4.44. The van der Waals surface area contributed by atoms with E-state index in [0.29, 0.717) is 19.1 Å². The minimum Gasteiger partial charge on any atom is -0.493 e. The highest BCUT2D eigenvalue weighted by molar-refractivity contribution is 5.78. The van der Waals surface area contributed by atoms with Crippen LogP contribution >= 0.6 is 0 Å². The van der Waals surface area contributed by atoms with Gasteiger partial charge in [0.05, 0.1) is 13.2 Å². The summed E-state index contributed by atoms with van der Waals surface area (Å²) in [5.41, 5.74) is 1.17. The Morgan fingerprint density at radius 3 is 2.86 bits per heavy atom. The maximum absolute atomic E-state index is 12.3. The zero-order valence-corrected chi connectivity index (χ0v) is 12.7. The summed E-state index contributed by atoms with van der Waals surface area (Å²) in [5.74, 6) is 1.54. The molecule has 2 heterocycles. The second-order valence-electron chi connectivity index (χ2n) is 6.13. The molecule has 2 aliphatic heterocycles. The van der Waals surface area contributed by atoms with Crippen LogP contribution in [0.15, 0.2) is 24.3 Å². The maximum atomic E-state index is 12.3. The van der Waals surface area contributed by atoms with Gasteiger partial charge in [-0.3, -0.25) is 4.79 Å². The molecular weight excluding hydrogens is 264 g/mol. The molecule has 4 nitrogen and oxygen atoms in total. The lowest BCUT2D eigenvalue weighted by molar-refractivity contribution is -0.131. The van der Waals surface area contributed by atoms with E-state index in [-0.39, 0.29) is 11.9 Å². The normalized spacial score (nSPS) is 25.1. The average molecular weight is 288 g/mol. The first-order valence-corrected chi connectivity index (χ1v) is 7.98. The van der Waals surface area contributed by atoms with Crippen LogP contribution in [0.25, 0.3) is 0 Å². The number of nitrogens with zero attached hydrogens (tertiary/aromatic N) is 1. The van der Waals surface area contributed by atoms with Crippen molar-refractivity contribution >= 4 is 5.91 Å². The molecule has 4 heteroatoms. The van der Waals surface area contributed by atoms with Crippen molar-refractivity contribution in [1.29, 1.82) is 0 Å². The van der Waals surface area contributed by atoms with Crippen molar-refractivity contribution in [3.05, 3.63) is 29.8 Å². The molecule has 1 N–H and O–H groups in total. The van der Waals surface area contributed by atoms with Gasteiger partial charge in [-0.1, -0.05) is 25.1 Å². The molecule has 1 aromatic carbocycles. The van der Waals surface area contributed by atoms with Crippen LogP contribution in [0.5, 0.6) is 5.75 Å². The molecule has 0 bridgehead atoms. The molecule has 2 unspecified atom stereocenters. The molecule has 1 fully saturated rings. The number of rotatable bonds is 3. The number of likely N-dealkylation sites (tertiary alicyclic amines) is 1. The zero-order chi connectivity index (χ0) is 14.7. The molecule has 2 atom stereocenters. The highest BCUT2D eigenvalue weighted by Gasteiger charge is 2.28. The summed E-state index contributed by atoms with van der Waals surface area (Å²) in [7, 11) is 0. The van der Waals surface area contributed by atoms with E-state index in [9.17, 15) is 4.79 Å². The van der Waals surface area contributed by atoms with Crippen LogP contribution in [0.2, 0.25) is 0 Å². The molecule has 0 radical (unpaired) electrons. The summed E-state index contributed by atoms with van der Waals surface area (Å²) in [5, 5.41) is 3.45. The number of para-hydroxylation sites is 1. The smallest absolute Gasteiger partial charge is 0.236 e. The lowest BCUT2D eigenvalue weighted by Crippen LogP contribution is -2.44. The molecule has 1 saturated heterocycles. The number of hydrogen-bond acceptors (Lipinski definition) is 3. The number of nitrogens with one attached hydrogen (secondary N) is 1. The van der Waals surface area contributed by atoms with Crippen LogP contribution in [0.1, 0.15) is 37.8 Å². The largest absolute Gasteiger partial charge is 0.493 e. The molecule has 0 aliphatic carbocycles. The second kappa shape index (κ2) is 6.48. The van der Waals surface area contributed by atoms with Gasteiger partial charge in [0, 0.05) is 30.6 Å². The lowest BCUT2D eigenvalue weighted by atomic mass is 9.92. The first-order valence-electron chi connectivity index (χ1n) is 7.98. The van der Waals surface area contributed by atoms with Crippen LogP contribution < -0.4 is 10.1 Å². The van der Waals surface area contributed by atoms with E-state index < -0.39 is 0 Å². The Hall–Kier alpha value is -1.55. The van der Waals surface area contributed by atoms with Crippen molar-refractivity contribution in [3.63, 3.8) is 0 Å². The molecule has 21 heavy (non-hydrogen) atoms. The summed E-state index contributed by atoms with van der Waals surface area (Å²) >= 11 is 0. The number of carbonyl (C=O) groups is 1. The summed E-state index contributed by atoms with van der Waals surface area (Å²) in [6, 6.07) is 8.31. The number of piperidine rings is 1. The van der Waals surface area contributed by atoms with Crippen LogP contribution in [-0.4, -0.2) is 37.0 Å². The van der Waals surface area contributed by atoms with E-state index in [1.54, 1.807) is 0 Å². The van der Waals surface area contributed by atoms with E-state index >= 15 is 0 Å². The Labute approximate surface area is 126 Å². The van der Waals surface area contributed by atoms with Crippen LogP contribution in [0, 0.1) is 5.92 Å². The number of benzene rings is 1. The molecular formula is C17H24N2O2. The van der Waals surface area contributed by atoms with Gasteiger partial charge in [-0.25, -0.2) is 0 Å². The van der Waals surface area contributed by atoms with Crippen molar-refractivity contribution in [3.8, 4) is 5.75 Å². The van der Waals surface area contributed by atoms with Crippen molar-refractivity contribution in [2.75, 3.05) is 26.2 Å². The average Bonchev–Trinajstić information content (AvgIpc) is 2.54. The van der Waals surface area contributed by atoms with Crippen molar-refractivity contribution in [2.45, 2.75) is 32.2 Å². The Morgan fingerprint density at radius 1 is 1.29 bits per heavy atom. The van der Waals surface area contributed by atoms with E-state index in [1.807, 2.05) is 23.1 Å². The van der Waals surface area contributed by atoms with Gasteiger partial charge in [0.2, 0.25) is 5.91 Å². The predicted molar refractivity (Wildman–Crippen MR) is 82.3 cm³/mol. The first-order chi connectivity index (χ1) is 10.3. The first kappa shape index (κ1) is 14.4. The number of carbonyl (C=O) groups excluding carboxylic acids is 1. The van der Waals surface area contributed by atoms with Gasteiger partial charge in [0.1, 0.15) is 5.75 Å². The Morgan fingerprint density at radius 2 is 2.05 bits per heavy atom. The van der Waals surface area contributed by atoms with Gasteiger partial charge in [-0.05, 0) is 25.3 Å². The summed E-state index contributed by atoms with van der Waals surface area (Å²) in [4.78, 5) is 14.3. The van der Waals surface area contributed by atoms with E-state index in [1.165, 1.54) is 12.0 Å². The summed E-state index contributed by atoms with van der Waals surface area (Å²) in [6.07, 6.45) is 3.53. The third-order valence-corrected chi connectivity index (χ3v) is 4.51. The molecule has 1 aromatic rings. The molecule has 0 spiro atoms. The van der Waals surface area contributed by atoms with Crippen molar-refractivity contribution in [2.24, 2.45) is 5.92 Å². The fraction of sp³-hybridized carbons (Fsp3) is 0.588. The van der Waals surface area contributed by atoms with Crippen LogP contribution in [-0.2, 0) is 4.79 Å². The number of ether oxygens (including phenoxy) is 1. The minimum atomic E-state index is 0.198. The van der Waals surface area contributed by atoms with Gasteiger partial charge < -0.3 is 15.0 Å². The van der Waals surface area contributed by atoms with Crippen molar-refractivity contribution < 1.29 is 9.53 Å². The molecule has 1 amide bonds. The predicted octanol–water partition coefficient (Wildman–Crippen LogP) is 2.36. The Bertz CT molecular complexity index is 497. The third kappa shape index (κ3) is 3.21. The van der Waals surface area contributed by atoms with Gasteiger partial charge in [0.15, 0.2) is 0 Å².